The molecule has 0 aromatic heterocycles. The largest absolute Gasteiger partial charge is 0.534 e. The second-order valence-corrected chi connectivity index (χ2v) is 31.1. The SMILES string of the molecule is CC(=O)O[C@H]1CC[C@@]2(C)C(=CCC3C2CC[C@]2(C)C(=O)CCC32)C1.CC(=O)O[C@H]1CC[C@@]2(C)C(=CCC3C2CC[C@]2(C)C(OS(=O)(=O)C(F)(F)F)=CCC32)C1.C[C@]12CCC=CC1=CCC1C2CC[C@]2(C)C(OS(=O)(=O)C(F)(F)F)=CCC12. The molecule has 456 valence electrons. The fourth-order valence-electron chi connectivity index (χ4n) is 19.6. The maximum atomic E-state index is 12.9. The number of hydrogen-bond donors (Lipinski definition) is 0. The lowest BCUT2D eigenvalue weighted by molar-refractivity contribution is -0.149. The molecule has 12 aliphatic carbocycles. The number of esters is 2. The second-order valence-electron chi connectivity index (χ2n) is 28.0. The standard InChI is InChI=1S/C22H29F3O5S.C21H30O3.C20H25F3O3S/c1-13(26)29-15-8-10-20(2)14(12-15)4-5-16-17-6-7-19(21(17,3)11-9-18(16)20)30-31(27,28)22(23,24)25;1-13(22)24-15-8-10-20(2)14(12-15)4-5-16-17-6-7-19(23)21(17,3)11-9-18(16)20;1-18-11-4-3-5-13(18)6-7-14-15-8-9-17(19(15,2)12-10-16(14)18)26-27(24,25)20(21,22)23/h4,7,15-18H,5-6,8-12H2,1-3H3;4,15-18H,5-12H2,1-3H3;3,5-6,9,14-16H,4,7-8,10-12H2,1-2H3/t2*15-,16?,17?,18?,20-,21-;14?,15?,16?,18-,19-/m000/s1. The summed E-state index contributed by atoms with van der Waals surface area (Å²) in [7, 11) is -11.3. The van der Waals surface area contributed by atoms with Crippen LogP contribution in [0.15, 0.2) is 70.8 Å². The van der Waals surface area contributed by atoms with E-state index in [0.717, 1.165) is 103 Å². The monoisotopic (exact) mass is 1190 g/mol. The van der Waals surface area contributed by atoms with Gasteiger partial charge in [0.25, 0.3) is 0 Å². The van der Waals surface area contributed by atoms with E-state index in [4.69, 9.17) is 9.47 Å². The van der Waals surface area contributed by atoms with Crippen LogP contribution in [0.5, 0.6) is 0 Å². The number of rotatable bonds is 6. The number of halogens is 6. The lowest BCUT2D eigenvalue weighted by atomic mass is 9.48. The third-order valence-corrected chi connectivity index (χ3v) is 26.1. The van der Waals surface area contributed by atoms with Crippen LogP contribution in [-0.2, 0) is 52.5 Å². The number of alkyl halides is 6. The van der Waals surface area contributed by atoms with Crippen molar-refractivity contribution in [3.05, 3.63) is 70.8 Å². The smallest absolute Gasteiger partial charge is 0.462 e. The first-order valence-electron chi connectivity index (χ1n) is 30.2. The molecule has 0 aromatic carbocycles. The molecule has 0 aliphatic heterocycles. The molecule has 0 N–H and O–H groups in total. The maximum Gasteiger partial charge on any atom is 0.534 e. The summed E-state index contributed by atoms with van der Waals surface area (Å²) in [6.07, 6.45) is 33.1. The van der Waals surface area contributed by atoms with Gasteiger partial charge in [0, 0.05) is 49.4 Å². The number of ketones is 1. The van der Waals surface area contributed by atoms with Crippen LogP contribution in [0.1, 0.15) is 190 Å². The topological polar surface area (TPSA) is 156 Å². The van der Waals surface area contributed by atoms with E-state index >= 15 is 0 Å². The van der Waals surface area contributed by atoms with Gasteiger partial charge < -0.3 is 17.8 Å². The van der Waals surface area contributed by atoms with Crippen molar-refractivity contribution < 1.29 is 75.4 Å². The van der Waals surface area contributed by atoms with Gasteiger partial charge in [0.2, 0.25) is 0 Å². The molecule has 9 unspecified atom stereocenters. The minimum Gasteiger partial charge on any atom is -0.462 e. The van der Waals surface area contributed by atoms with Gasteiger partial charge in [-0.2, -0.15) is 43.2 Å². The van der Waals surface area contributed by atoms with Crippen LogP contribution in [0.4, 0.5) is 26.3 Å². The highest BCUT2D eigenvalue weighted by molar-refractivity contribution is 7.88. The van der Waals surface area contributed by atoms with Gasteiger partial charge in [-0.3, -0.25) is 14.4 Å². The van der Waals surface area contributed by atoms with Crippen molar-refractivity contribution in [2.24, 2.45) is 85.8 Å². The Morgan fingerprint density at radius 3 is 1.32 bits per heavy atom. The van der Waals surface area contributed by atoms with Crippen molar-refractivity contribution in [2.75, 3.05) is 0 Å². The molecular weight excluding hydrogens is 1110 g/mol. The van der Waals surface area contributed by atoms with E-state index in [-0.39, 0.29) is 75.1 Å². The van der Waals surface area contributed by atoms with Crippen LogP contribution < -0.4 is 0 Å². The van der Waals surface area contributed by atoms with E-state index in [1.807, 2.05) is 13.8 Å². The van der Waals surface area contributed by atoms with E-state index in [9.17, 15) is 57.6 Å². The summed E-state index contributed by atoms with van der Waals surface area (Å²) in [4.78, 5) is 35.1. The van der Waals surface area contributed by atoms with Crippen molar-refractivity contribution in [1.82, 2.24) is 0 Å². The number of hydrogen-bond acceptors (Lipinski definition) is 11. The maximum absolute atomic E-state index is 12.9. The lowest BCUT2D eigenvalue weighted by Crippen LogP contribution is -2.50. The molecular formula is C63H84F6O11S2. The highest BCUT2D eigenvalue weighted by Crippen LogP contribution is 2.68. The molecule has 6 saturated carbocycles. The molecule has 0 aromatic rings. The zero-order valence-corrected chi connectivity index (χ0v) is 50.4. The Balaban J connectivity index is 0.000000139. The number of fused-ring (bicyclic) bond motifs is 15. The quantitative estimate of drug-likeness (QED) is 0.0820. The highest BCUT2D eigenvalue weighted by Gasteiger charge is 2.63. The van der Waals surface area contributed by atoms with E-state index in [2.05, 4.69) is 66.4 Å². The van der Waals surface area contributed by atoms with E-state index in [0.29, 0.717) is 67.0 Å². The van der Waals surface area contributed by atoms with Gasteiger partial charge in [-0.25, -0.2) is 0 Å². The van der Waals surface area contributed by atoms with Gasteiger partial charge in [-0.15, -0.1) is 0 Å². The Morgan fingerprint density at radius 2 is 0.878 bits per heavy atom. The minimum atomic E-state index is -5.67. The molecule has 19 heteroatoms. The number of Topliss-reactive ketones (excluding diaryl/α,β-unsaturated/α-hetero) is 1. The first kappa shape index (κ1) is 61.2. The molecule has 11 nitrogen and oxygen atoms in total. The molecule has 0 saturated heterocycles. The number of allylic oxidation sites excluding steroid dienone is 10. The van der Waals surface area contributed by atoms with Crippen molar-refractivity contribution >= 4 is 38.0 Å². The molecule has 0 spiro atoms. The molecule has 0 radical (unpaired) electrons. The third kappa shape index (κ3) is 10.3. The number of ether oxygens (including phenoxy) is 2. The predicted octanol–water partition coefficient (Wildman–Crippen LogP) is 15.2. The molecule has 0 heterocycles. The Labute approximate surface area is 481 Å². The van der Waals surface area contributed by atoms with Gasteiger partial charge in [0.1, 0.15) is 29.5 Å². The van der Waals surface area contributed by atoms with E-state index in [1.165, 1.54) is 37.0 Å². The van der Waals surface area contributed by atoms with Gasteiger partial charge >= 0.3 is 43.2 Å². The van der Waals surface area contributed by atoms with Crippen LogP contribution in [-0.4, -0.2) is 57.8 Å². The summed E-state index contributed by atoms with van der Waals surface area (Å²) in [6, 6.07) is 0. The fourth-order valence-corrected chi connectivity index (χ4v) is 20.8. The predicted molar refractivity (Wildman–Crippen MR) is 295 cm³/mol. The molecule has 17 atom stereocenters. The Bertz CT molecular complexity index is 3010. The van der Waals surface area contributed by atoms with Gasteiger partial charge in [0.05, 0.1) is 0 Å². The van der Waals surface area contributed by atoms with Crippen LogP contribution in [0, 0.1) is 85.8 Å². The summed E-state index contributed by atoms with van der Waals surface area (Å²) < 4.78 is 144. The van der Waals surface area contributed by atoms with Crippen LogP contribution in [0.2, 0.25) is 0 Å². The van der Waals surface area contributed by atoms with Crippen LogP contribution in [0.25, 0.3) is 0 Å². The second kappa shape index (κ2) is 21.2. The average molecular weight is 1200 g/mol. The van der Waals surface area contributed by atoms with E-state index < -0.39 is 42.1 Å². The first-order chi connectivity index (χ1) is 38.1. The molecule has 82 heavy (non-hydrogen) atoms. The average Bonchev–Trinajstić information content (AvgIpc) is 1.61. The summed E-state index contributed by atoms with van der Waals surface area (Å²) in [5.74, 6) is 3.62. The number of carbonyl (C=O) groups is 3. The molecule has 0 bridgehead atoms. The van der Waals surface area contributed by atoms with Crippen molar-refractivity contribution in [3.63, 3.8) is 0 Å². The molecule has 12 aliphatic rings. The fraction of sp³-hybridized carbons (Fsp3) is 0.762. The van der Waals surface area contributed by atoms with Gasteiger partial charge in [0.15, 0.2) is 0 Å². The summed E-state index contributed by atoms with van der Waals surface area (Å²) in [6.45, 7) is 15.9. The zero-order valence-electron chi connectivity index (χ0n) is 48.8. The molecule has 6 fully saturated rings. The van der Waals surface area contributed by atoms with Crippen LogP contribution in [0.3, 0.4) is 0 Å². The summed E-state index contributed by atoms with van der Waals surface area (Å²) >= 11 is 0. The zero-order chi connectivity index (χ0) is 59.6. The minimum absolute atomic E-state index is 0.00764. The van der Waals surface area contributed by atoms with Crippen molar-refractivity contribution in [3.8, 4) is 0 Å². The van der Waals surface area contributed by atoms with Gasteiger partial charge in [-0.05, 0) is 203 Å². The summed E-state index contributed by atoms with van der Waals surface area (Å²) in [5, 5.41) is 0. The lowest BCUT2D eigenvalue weighted by Gasteiger charge is -2.57. The first-order valence-corrected chi connectivity index (χ1v) is 33.0. The van der Waals surface area contributed by atoms with E-state index in [1.54, 1.807) is 12.2 Å². The normalized spacial score (nSPS) is 42.5. The Kier molecular flexibility index (Phi) is 15.8. The van der Waals surface area contributed by atoms with Crippen molar-refractivity contribution in [2.45, 2.75) is 213 Å². The Morgan fingerprint density at radius 1 is 0.488 bits per heavy atom. The van der Waals surface area contributed by atoms with Crippen LogP contribution >= 0.6 is 0 Å². The van der Waals surface area contributed by atoms with Crippen molar-refractivity contribution in [1.29, 1.82) is 0 Å². The number of carbonyl (C=O) groups excluding carboxylic acids is 3. The highest BCUT2D eigenvalue weighted by atomic mass is 32.2. The molecule has 12 rings (SSSR count). The third-order valence-electron chi connectivity index (χ3n) is 24.1. The molecule has 0 amide bonds. The Hall–Kier alpha value is -3.87. The van der Waals surface area contributed by atoms with Gasteiger partial charge in [-0.1, -0.05) is 83.1 Å². The summed E-state index contributed by atoms with van der Waals surface area (Å²) in [5.41, 5.74) is -7.67.